The van der Waals surface area contributed by atoms with Gasteiger partial charge >= 0.3 is 6.03 Å². The van der Waals surface area contributed by atoms with E-state index in [4.69, 9.17) is 0 Å². The van der Waals surface area contributed by atoms with Crippen LogP contribution in [0.2, 0.25) is 0 Å². The number of rotatable bonds is 3. The zero-order valence-corrected chi connectivity index (χ0v) is 12.5. The summed E-state index contributed by atoms with van der Waals surface area (Å²) in [5.41, 5.74) is 2.28. The fourth-order valence-electron chi connectivity index (χ4n) is 2.32. The second kappa shape index (κ2) is 6.61. The molecule has 0 radical (unpaired) electrons. The van der Waals surface area contributed by atoms with Gasteiger partial charge in [0.25, 0.3) is 0 Å². The standard InChI is InChI=1S/C15H24N4O/c1-12-11-19(9-8-16-12)15(20)17-10-13-4-6-14(7-5-13)18(2)3/h4-7,12,16H,8-11H2,1-3H3,(H,17,20). The molecule has 1 atom stereocenters. The molecule has 1 aromatic rings. The summed E-state index contributed by atoms with van der Waals surface area (Å²) in [7, 11) is 4.03. The van der Waals surface area contributed by atoms with Crippen molar-refractivity contribution in [2.24, 2.45) is 0 Å². The van der Waals surface area contributed by atoms with Crippen molar-refractivity contribution in [2.45, 2.75) is 19.5 Å². The van der Waals surface area contributed by atoms with Crippen molar-refractivity contribution in [3.8, 4) is 0 Å². The maximum Gasteiger partial charge on any atom is 0.317 e. The number of hydrogen-bond donors (Lipinski definition) is 2. The predicted octanol–water partition coefficient (Wildman–Crippen LogP) is 1.26. The Morgan fingerprint density at radius 3 is 2.70 bits per heavy atom. The smallest absolute Gasteiger partial charge is 0.317 e. The Bertz CT molecular complexity index is 444. The quantitative estimate of drug-likeness (QED) is 0.873. The number of hydrogen-bond acceptors (Lipinski definition) is 3. The van der Waals surface area contributed by atoms with Crippen molar-refractivity contribution in [3.63, 3.8) is 0 Å². The van der Waals surface area contributed by atoms with E-state index in [2.05, 4.69) is 46.7 Å². The average Bonchev–Trinajstić information content (AvgIpc) is 2.45. The highest BCUT2D eigenvalue weighted by Crippen LogP contribution is 2.12. The Morgan fingerprint density at radius 1 is 1.40 bits per heavy atom. The first-order valence-electron chi connectivity index (χ1n) is 7.08. The summed E-state index contributed by atoms with van der Waals surface area (Å²) in [4.78, 5) is 16.0. The first-order chi connectivity index (χ1) is 9.56. The van der Waals surface area contributed by atoms with Crippen molar-refractivity contribution >= 4 is 11.7 Å². The number of nitrogens with one attached hydrogen (secondary N) is 2. The molecule has 5 nitrogen and oxygen atoms in total. The summed E-state index contributed by atoms with van der Waals surface area (Å²) in [6, 6.07) is 8.62. The lowest BCUT2D eigenvalue weighted by atomic mass is 10.2. The molecule has 110 valence electrons. The van der Waals surface area contributed by atoms with Gasteiger partial charge in [0.1, 0.15) is 0 Å². The van der Waals surface area contributed by atoms with Crippen molar-refractivity contribution < 1.29 is 4.79 Å². The van der Waals surface area contributed by atoms with Crippen LogP contribution in [-0.2, 0) is 6.54 Å². The van der Waals surface area contributed by atoms with Gasteiger partial charge in [-0.1, -0.05) is 12.1 Å². The highest BCUT2D eigenvalue weighted by atomic mass is 16.2. The number of amides is 2. The van der Waals surface area contributed by atoms with Crippen LogP contribution < -0.4 is 15.5 Å². The first-order valence-corrected chi connectivity index (χ1v) is 7.08. The Kier molecular flexibility index (Phi) is 4.84. The van der Waals surface area contributed by atoms with Gasteiger partial charge in [-0.2, -0.15) is 0 Å². The van der Waals surface area contributed by atoms with Crippen molar-refractivity contribution in [1.82, 2.24) is 15.5 Å². The molecule has 1 aliphatic heterocycles. The molecular formula is C15H24N4O. The number of piperazine rings is 1. The third kappa shape index (κ3) is 3.87. The van der Waals surface area contributed by atoms with E-state index in [1.54, 1.807) is 0 Å². The maximum absolute atomic E-state index is 12.1. The second-order valence-electron chi connectivity index (χ2n) is 5.52. The molecule has 2 amide bonds. The Labute approximate surface area is 120 Å². The van der Waals surface area contributed by atoms with Crippen LogP contribution in [0.4, 0.5) is 10.5 Å². The molecule has 1 aliphatic rings. The summed E-state index contributed by atoms with van der Waals surface area (Å²) in [6.45, 7) is 5.08. The normalized spacial score (nSPS) is 18.8. The lowest BCUT2D eigenvalue weighted by Gasteiger charge is -2.31. The molecule has 2 N–H and O–H groups in total. The van der Waals surface area contributed by atoms with Gasteiger partial charge in [-0.05, 0) is 24.6 Å². The monoisotopic (exact) mass is 276 g/mol. The van der Waals surface area contributed by atoms with Crippen LogP contribution in [0.25, 0.3) is 0 Å². The van der Waals surface area contributed by atoms with Gasteiger partial charge in [0.2, 0.25) is 0 Å². The molecule has 5 heteroatoms. The molecule has 0 aromatic heterocycles. The summed E-state index contributed by atoms with van der Waals surface area (Å²) < 4.78 is 0. The molecule has 0 spiro atoms. The highest BCUT2D eigenvalue weighted by molar-refractivity contribution is 5.74. The predicted molar refractivity (Wildman–Crippen MR) is 82.0 cm³/mol. The summed E-state index contributed by atoms with van der Waals surface area (Å²) in [5, 5.41) is 6.31. The lowest BCUT2D eigenvalue weighted by molar-refractivity contribution is 0.179. The fourth-order valence-corrected chi connectivity index (χ4v) is 2.32. The van der Waals surface area contributed by atoms with E-state index in [0.717, 1.165) is 30.9 Å². The molecule has 1 aromatic carbocycles. The maximum atomic E-state index is 12.1. The van der Waals surface area contributed by atoms with Gasteiger partial charge in [0.05, 0.1) is 0 Å². The van der Waals surface area contributed by atoms with Crippen LogP contribution in [0.15, 0.2) is 24.3 Å². The van der Waals surface area contributed by atoms with Crippen LogP contribution in [0, 0.1) is 0 Å². The molecule has 2 rings (SSSR count). The van der Waals surface area contributed by atoms with Gasteiger partial charge in [-0.3, -0.25) is 0 Å². The highest BCUT2D eigenvalue weighted by Gasteiger charge is 2.19. The Balaban J connectivity index is 1.83. The average molecular weight is 276 g/mol. The van der Waals surface area contributed by atoms with Gasteiger partial charge in [0.15, 0.2) is 0 Å². The van der Waals surface area contributed by atoms with Crippen molar-refractivity contribution in [1.29, 1.82) is 0 Å². The van der Waals surface area contributed by atoms with Gasteiger partial charge in [-0.15, -0.1) is 0 Å². The molecular weight excluding hydrogens is 252 g/mol. The minimum absolute atomic E-state index is 0.0232. The van der Waals surface area contributed by atoms with Crippen LogP contribution in [0.3, 0.4) is 0 Å². The third-order valence-electron chi connectivity index (χ3n) is 3.55. The van der Waals surface area contributed by atoms with Crippen LogP contribution in [0.5, 0.6) is 0 Å². The second-order valence-corrected chi connectivity index (χ2v) is 5.52. The topological polar surface area (TPSA) is 47.6 Å². The van der Waals surface area contributed by atoms with E-state index in [0.29, 0.717) is 12.6 Å². The Hall–Kier alpha value is -1.75. The molecule has 0 bridgehead atoms. The van der Waals surface area contributed by atoms with Gasteiger partial charge in [0, 0.05) is 52.0 Å². The summed E-state index contributed by atoms with van der Waals surface area (Å²) >= 11 is 0. The zero-order valence-electron chi connectivity index (χ0n) is 12.5. The molecule has 0 aliphatic carbocycles. The molecule has 1 heterocycles. The van der Waals surface area contributed by atoms with Crippen LogP contribution in [0.1, 0.15) is 12.5 Å². The molecule has 1 fully saturated rings. The van der Waals surface area contributed by atoms with E-state index in [1.807, 2.05) is 19.0 Å². The number of anilines is 1. The van der Waals surface area contributed by atoms with Gasteiger partial charge in [-0.25, -0.2) is 4.79 Å². The molecule has 1 unspecified atom stereocenters. The number of urea groups is 1. The van der Waals surface area contributed by atoms with Crippen LogP contribution >= 0.6 is 0 Å². The van der Waals surface area contributed by atoms with E-state index in [9.17, 15) is 4.79 Å². The minimum Gasteiger partial charge on any atom is -0.378 e. The van der Waals surface area contributed by atoms with Crippen LogP contribution in [-0.4, -0.2) is 50.7 Å². The van der Waals surface area contributed by atoms with E-state index in [1.165, 1.54) is 0 Å². The van der Waals surface area contributed by atoms with E-state index < -0.39 is 0 Å². The van der Waals surface area contributed by atoms with E-state index >= 15 is 0 Å². The van der Waals surface area contributed by atoms with E-state index in [-0.39, 0.29) is 6.03 Å². The zero-order chi connectivity index (χ0) is 14.5. The number of nitrogens with zero attached hydrogens (tertiary/aromatic N) is 2. The number of carbonyl (C=O) groups excluding carboxylic acids is 1. The summed E-state index contributed by atoms with van der Waals surface area (Å²) in [6.07, 6.45) is 0. The lowest BCUT2D eigenvalue weighted by Crippen LogP contribution is -2.53. The number of carbonyl (C=O) groups is 1. The molecule has 0 saturated carbocycles. The molecule has 20 heavy (non-hydrogen) atoms. The third-order valence-corrected chi connectivity index (χ3v) is 3.55. The SMILES string of the molecule is CC1CN(C(=O)NCc2ccc(N(C)C)cc2)CCN1. The summed E-state index contributed by atoms with van der Waals surface area (Å²) in [5.74, 6) is 0. The number of benzene rings is 1. The van der Waals surface area contributed by atoms with Crippen molar-refractivity contribution in [2.75, 3.05) is 38.6 Å². The molecule has 1 saturated heterocycles. The first kappa shape index (κ1) is 14.7. The minimum atomic E-state index is 0.0232. The van der Waals surface area contributed by atoms with Crippen molar-refractivity contribution in [3.05, 3.63) is 29.8 Å². The Morgan fingerprint density at radius 2 is 2.10 bits per heavy atom. The van der Waals surface area contributed by atoms with Gasteiger partial charge < -0.3 is 20.4 Å². The fraction of sp³-hybridized carbons (Fsp3) is 0.533. The largest absolute Gasteiger partial charge is 0.378 e.